The van der Waals surface area contributed by atoms with E-state index in [2.05, 4.69) is 10.00 Å². The maximum absolute atomic E-state index is 12.5. The van der Waals surface area contributed by atoms with Crippen molar-refractivity contribution in [3.63, 3.8) is 0 Å². The lowest BCUT2D eigenvalue weighted by atomic mass is 10.3. The number of hydrogen-bond acceptors (Lipinski definition) is 3. The number of carbonyl (C=O) groups excluding carboxylic acids is 1. The number of hydrogen-bond donors (Lipinski definition) is 0. The largest absolute Gasteiger partial charge is 0.336 e. The van der Waals surface area contributed by atoms with Gasteiger partial charge in [-0.3, -0.25) is 9.48 Å². The third-order valence-electron chi connectivity index (χ3n) is 4.42. The number of carbonyl (C=O) groups is 1. The molecule has 1 amide bonds. The van der Waals surface area contributed by atoms with Crippen LogP contribution in [0.5, 0.6) is 0 Å². The second-order valence-electron chi connectivity index (χ2n) is 6.18. The van der Waals surface area contributed by atoms with E-state index in [0.717, 1.165) is 44.2 Å². The highest BCUT2D eigenvalue weighted by molar-refractivity contribution is 5.92. The minimum absolute atomic E-state index is 0. The zero-order valence-electron chi connectivity index (χ0n) is 12.9. The van der Waals surface area contributed by atoms with E-state index in [1.165, 1.54) is 19.4 Å². The van der Waals surface area contributed by atoms with Gasteiger partial charge < -0.3 is 9.80 Å². The Morgan fingerprint density at radius 1 is 1.29 bits per heavy atom. The lowest BCUT2D eigenvalue weighted by Crippen LogP contribution is -2.36. The average Bonchev–Trinajstić information content (AvgIpc) is 3.20. The van der Waals surface area contributed by atoms with Crippen LogP contribution in [0.3, 0.4) is 0 Å². The monoisotopic (exact) mass is 312 g/mol. The minimum atomic E-state index is 0. The molecule has 1 aromatic rings. The van der Waals surface area contributed by atoms with Crippen molar-refractivity contribution < 1.29 is 4.79 Å². The van der Waals surface area contributed by atoms with Crippen molar-refractivity contribution in [2.45, 2.75) is 26.2 Å². The maximum Gasteiger partial charge on any atom is 0.274 e. The number of aromatic nitrogens is 2. The Morgan fingerprint density at radius 2 is 2.05 bits per heavy atom. The molecule has 5 nitrogen and oxygen atoms in total. The fraction of sp³-hybridized carbons (Fsp3) is 0.733. The van der Waals surface area contributed by atoms with Gasteiger partial charge in [0.25, 0.3) is 5.91 Å². The number of halogens is 1. The van der Waals surface area contributed by atoms with Gasteiger partial charge in [-0.25, -0.2) is 0 Å². The molecule has 1 aliphatic carbocycles. The van der Waals surface area contributed by atoms with Gasteiger partial charge in [-0.1, -0.05) is 0 Å². The number of amides is 1. The van der Waals surface area contributed by atoms with Crippen molar-refractivity contribution in [2.75, 3.05) is 32.7 Å². The maximum atomic E-state index is 12.5. The van der Waals surface area contributed by atoms with Crippen LogP contribution in [0, 0.1) is 12.8 Å². The molecule has 0 unspecified atom stereocenters. The first-order valence-electron chi connectivity index (χ1n) is 7.66. The summed E-state index contributed by atoms with van der Waals surface area (Å²) < 4.78 is 1.77. The van der Waals surface area contributed by atoms with Crippen molar-refractivity contribution in [3.05, 3.63) is 17.5 Å². The summed E-state index contributed by atoms with van der Waals surface area (Å²) in [5, 5.41) is 4.31. The SMILES string of the molecule is Cc1cc(C(=O)N2CCCN(CC3CC3)CC2)nn1C.Cl. The van der Waals surface area contributed by atoms with Gasteiger partial charge in [-0.15, -0.1) is 12.4 Å². The molecule has 1 saturated carbocycles. The molecule has 0 radical (unpaired) electrons. The van der Waals surface area contributed by atoms with E-state index in [0.29, 0.717) is 5.69 Å². The molecule has 21 heavy (non-hydrogen) atoms. The standard InChI is InChI=1S/C15H24N4O.ClH/c1-12-10-14(16-17(12)2)15(20)19-7-3-6-18(8-9-19)11-13-4-5-13;/h10,13H,3-9,11H2,1-2H3;1H. The summed E-state index contributed by atoms with van der Waals surface area (Å²) in [5.41, 5.74) is 1.61. The molecular weight excluding hydrogens is 288 g/mol. The van der Waals surface area contributed by atoms with Crippen LogP contribution in [-0.2, 0) is 7.05 Å². The third-order valence-corrected chi connectivity index (χ3v) is 4.42. The lowest BCUT2D eigenvalue weighted by Gasteiger charge is -2.21. The molecule has 1 aromatic heterocycles. The van der Waals surface area contributed by atoms with Crippen LogP contribution in [0.1, 0.15) is 35.4 Å². The van der Waals surface area contributed by atoms with E-state index in [9.17, 15) is 4.79 Å². The highest BCUT2D eigenvalue weighted by Gasteiger charge is 2.27. The van der Waals surface area contributed by atoms with Crippen LogP contribution < -0.4 is 0 Å². The van der Waals surface area contributed by atoms with Gasteiger partial charge in [0.15, 0.2) is 5.69 Å². The first-order valence-corrected chi connectivity index (χ1v) is 7.66. The zero-order chi connectivity index (χ0) is 14.1. The Morgan fingerprint density at radius 3 is 2.67 bits per heavy atom. The Balaban J connectivity index is 0.00000161. The van der Waals surface area contributed by atoms with Crippen LogP contribution in [0.4, 0.5) is 0 Å². The molecule has 0 bridgehead atoms. The van der Waals surface area contributed by atoms with E-state index in [1.54, 1.807) is 4.68 Å². The lowest BCUT2D eigenvalue weighted by molar-refractivity contribution is 0.0754. The first kappa shape index (κ1) is 16.3. The highest BCUT2D eigenvalue weighted by atomic mass is 35.5. The normalized spacial score (nSPS) is 20.0. The second kappa shape index (κ2) is 6.79. The van der Waals surface area contributed by atoms with E-state index in [1.807, 2.05) is 24.9 Å². The summed E-state index contributed by atoms with van der Waals surface area (Å²) in [7, 11) is 1.88. The highest BCUT2D eigenvalue weighted by Crippen LogP contribution is 2.29. The first-order chi connectivity index (χ1) is 9.63. The third kappa shape index (κ3) is 3.98. The quantitative estimate of drug-likeness (QED) is 0.853. The number of aryl methyl sites for hydroxylation is 2. The molecule has 2 fully saturated rings. The smallest absolute Gasteiger partial charge is 0.274 e. The molecule has 0 aromatic carbocycles. The molecule has 0 N–H and O–H groups in total. The molecule has 2 heterocycles. The van der Waals surface area contributed by atoms with Gasteiger partial charge in [-0.2, -0.15) is 5.10 Å². The Hall–Kier alpha value is -1.07. The predicted molar refractivity (Wildman–Crippen MR) is 84.9 cm³/mol. The summed E-state index contributed by atoms with van der Waals surface area (Å²) in [6.07, 6.45) is 3.86. The predicted octanol–water partition coefficient (Wildman–Crippen LogP) is 1.71. The second-order valence-corrected chi connectivity index (χ2v) is 6.18. The molecule has 2 aliphatic rings. The van der Waals surface area contributed by atoms with Crippen molar-refractivity contribution in [1.82, 2.24) is 19.6 Å². The molecule has 118 valence electrons. The molecule has 1 saturated heterocycles. The summed E-state index contributed by atoms with van der Waals surface area (Å²) in [4.78, 5) is 17.0. The molecule has 6 heteroatoms. The number of rotatable bonds is 3. The molecule has 1 aliphatic heterocycles. The molecular formula is C15H25ClN4O. The zero-order valence-corrected chi connectivity index (χ0v) is 13.7. The van der Waals surface area contributed by atoms with Gasteiger partial charge in [0, 0.05) is 38.9 Å². The summed E-state index contributed by atoms with van der Waals surface area (Å²) in [6, 6.07) is 1.88. The van der Waals surface area contributed by atoms with E-state index < -0.39 is 0 Å². The summed E-state index contributed by atoms with van der Waals surface area (Å²) in [6.45, 7) is 7.03. The van der Waals surface area contributed by atoms with E-state index in [4.69, 9.17) is 0 Å². The van der Waals surface area contributed by atoms with E-state index in [-0.39, 0.29) is 18.3 Å². The fourth-order valence-corrected chi connectivity index (χ4v) is 2.85. The van der Waals surface area contributed by atoms with Gasteiger partial charge in [-0.05, 0) is 44.7 Å². The summed E-state index contributed by atoms with van der Waals surface area (Å²) in [5.74, 6) is 1.01. The van der Waals surface area contributed by atoms with Crippen molar-refractivity contribution in [2.24, 2.45) is 13.0 Å². The van der Waals surface area contributed by atoms with Gasteiger partial charge in [0.2, 0.25) is 0 Å². The molecule has 3 rings (SSSR count). The van der Waals surface area contributed by atoms with Gasteiger partial charge in [0.1, 0.15) is 0 Å². The van der Waals surface area contributed by atoms with Crippen LogP contribution in [0.15, 0.2) is 6.07 Å². The van der Waals surface area contributed by atoms with Crippen molar-refractivity contribution in [3.8, 4) is 0 Å². The van der Waals surface area contributed by atoms with Crippen LogP contribution in [0.25, 0.3) is 0 Å². The molecule has 0 spiro atoms. The Kier molecular flexibility index (Phi) is 5.27. The van der Waals surface area contributed by atoms with Crippen LogP contribution >= 0.6 is 12.4 Å². The van der Waals surface area contributed by atoms with Gasteiger partial charge >= 0.3 is 0 Å². The average molecular weight is 313 g/mol. The summed E-state index contributed by atoms with van der Waals surface area (Å²) >= 11 is 0. The van der Waals surface area contributed by atoms with Gasteiger partial charge in [0.05, 0.1) is 0 Å². The Bertz CT molecular complexity index is 478. The van der Waals surface area contributed by atoms with Crippen LogP contribution in [-0.4, -0.2) is 58.2 Å². The van der Waals surface area contributed by atoms with Crippen molar-refractivity contribution in [1.29, 1.82) is 0 Å². The topological polar surface area (TPSA) is 41.4 Å². The fourth-order valence-electron chi connectivity index (χ4n) is 2.85. The Labute approximate surface area is 132 Å². The number of nitrogens with zero attached hydrogens (tertiary/aromatic N) is 4. The van der Waals surface area contributed by atoms with Crippen molar-refractivity contribution >= 4 is 18.3 Å². The molecule has 0 atom stereocenters. The minimum Gasteiger partial charge on any atom is -0.336 e. The van der Waals surface area contributed by atoms with E-state index >= 15 is 0 Å². The van der Waals surface area contributed by atoms with Crippen LogP contribution in [0.2, 0.25) is 0 Å².